The Kier molecular flexibility index (Phi) is 4.82. The maximum atomic E-state index is 12.1. The van der Waals surface area contributed by atoms with Crippen molar-refractivity contribution in [2.45, 2.75) is 0 Å². The summed E-state index contributed by atoms with van der Waals surface area (Å²) in [6.07, 6.45) is 0. The van der Waals surface area contributed by atoms with Gasteiger partial charge in [-0.1, -0.05) is 11.3 Å². The number of benzene rings is 2. The molecule has 0 saturated carbocycles. The van der Waals surface area contributed by atoms with Crippen LogP contribution in [0.15, 0.2) is 27.4 Å². The van der Waals surface area contributed by atoms with Crippen molar-refractivity contribution in [2.75, 3.05) is 0 Å². The van der Waals surface area contributed by atoms with Crippen LogP contribution in [0.3, 0.4) is 0 Å². The summed E-state index contributed by atoms with van der Waals surface area (Å²) in [4.78, 5) is 12.1. The summed E-state index contributed by atoms with van der Waals surface area (Å²) < 4.78 is 13.5. The molecule has 0 unspecified atom stereocenters. The number of fused-ring (bicyclic) bond motifs is 1. The Bertz CT molecular complexity index is 979. The molecule has 0 fully saturated rings. The van der Waals surface area contributed by atoms with Crippen LogP contribution in [0, 0.1) is 12.1 Å². The zero-order valence-electron chi connectivity index (χ0n) is 11.6. The second-order valence-corrected chi connectivity index (χ2v) is 4.46. The summed E-state index contributed by atoms with van der Waals surface area (Å²) in [5.74, 6) is -3.23. The van der Waals surface area contributed by atoms with E-state index in [1.165, 1.54) is 6.07 Å². The second-order valence-electron chi connectivity index (χ2n) is 4.46. The molecule has 0 aliphatic carbocycles. The molecule has 0 aliphatic heterocycles. The summed E-state index contributed by atoms with van der Waals surface area (Å²) in [6, 6.07) is 7.87. The molecule has 0 saturated heterocycles. The average molecular weight is 367 g/mol. The van der Waals surface area contributed by atoms with Crippen LogP contribution in [0.5, 0.6) is 28.7 Å². The minimum absolute atomic E-state index is 0.104. The van der Waals surface area contributed by atoms with Gasteiger partial charge in [-0.15, -0.1) is 11.1 Å². The molecule has 2 aromatic carbocycles. The van der Waals surface area contributed by atoms with Crippen LogP contribution >= 0.6 is 0 Å². The molecule has 1 heterocycles. The molecule has 9 heteroatoms. The van der Waals surface area contributed by atoms with Gasteiger partial charge in [0.15, 0.2) is 23.0 Å². The third kappa shape index (κ3) is 2.92. The first-order valence-corrected chi connectivity index (χ1v) is 6.72. The average Bonchev–Trinajstić information content (AvgIpc) is 2.55. The standard InChI is InChI=1S/C15H8O7.O.V/c16-7-4-10(19)12-11(5-7)22-15(14(21)13(12)20)6-1-2-8(17)9(18)3-6;;/h1-3,16-19,21H;;/q-2;;+2. The molecular weight excluding hydrogens is 359 g/mol. The van der Waals surface area contributed by atoms with Gasteiger partial charge >= 0.3 is 21.0 Å². The van der Waals surface area contributed by atoms with E-state index in [4.69, 9.17) is 8.09 Å². The Hall–Kier alpha value is -2.97. The summed E-state index contributed by atoms with van der Waals surface area (Å²) >= 11 is 1.06. The van der Waals surface area contributed by atoms with Crippen molar-refractivity contribution in [2.24, 2.45) is 0 Å². The van der Waals surface area contributed by atoms with E-state index in [-0.39, 0.29) is 28.0 Å². The van der Waals surface area contributed by atoms with E-state index in [1.54, 1.807) is 0 Å². The van der Waals surface area contributed by atoms with Crippen molar-refractivity contribution in [3.05, 3.63) is 40.6 Å². The van der Waals surface area contributed by atoms with Crippen molar-refractivity contribution in [1.29, 1.82) is 0 Å². The molecule has 3 rings (SSSR count). The number of phenols is 4. The second kappa shape index (κ2) is 6.65. The quantitative estimate of drug-likeness (QED) is 0.321. The van der Waals surface area contributed by atoms with Crippen LogP contribution in [-0.4, -0.2) is 25.5 Å². The van der Waals surface area contributed by atoms with Gasteiger partial charge in [0.05, 0.1) is 0 Å². The first kappa shape index (κ1) is 17.4. The van der Waals surface area contributed by atoms with Gasteiger partial charge in [-0.2, -0.15) is 0 Å². The molecule has 3 aromatic rings. The summed E-state index contributed by atoms with van der Waals surface area (Å²) in [5.41, 5.74) is -1.14. The predicted octanol–water partition coefficient (Wildman–Crippen LogP) is 1.47. The first-order chi connectivity index (χ1) is 11.4. The van der Waals surface area contributed by atoms with E-state index in [1.807, 2.05) is 0 Å². The fourth-order valence-corrected chi connectivity index (χ4v) is 2.00. The Labute approximate surface area is 143 Å². The van der Waals surface area contributed by atoms with Crippen molar-refractivity contribution < 1.29 is 51.0 Å². The predicted molar refractivity (Wildman–Crippen MR) is 74.6 cm³/mol. The molecule has 0 aliphatic rings. The summed E-state index contributed by atoms with van der Waals surface area (Å²) in [7, 11) is 0. The number of hydrogen-bond acceptors (Lipinski definition) is 8. The van der Waals surface area contributed by atoms with Crippen molar-refractivity contribution >= 4 is 11.0 Å². The van der Waals surface area contributed by atoms with Gasteiger partial charge in [0, 0.05) is 5.56 Å². The number of aromatic hydroxyl groups is 5. The van der Waals surface area contributed by atoms with Gasteiger partial charge < -0.3 is 34.7 Å². The van der Waals surface area contributed by atoms with E-state index in [0.717, 1.165) is 29.5 Å². The van der Waals surface area contributed by atoms with Crippen molar-refractivity contribution in [1.82, 2.24) is 0 Å². The molecule has 0 radical (unpaired) electrons. The molecule has 0 spiro atoms. The zero-order chi connectivity index (χ0) is 18.0. The third-order valence-corrected chi connectivity index (χ3v) is 3.03. The van der Waals surface area contributed by atoms with Gasteiger partial charge in [0.2, 0.25) is 0 Å². The Balaban J connectivity index is 0.00000100. The summed E-state index contributed by atoms with van der Waals surface area (Å²) in [6.45, 7) is 0. The Morgan fingerprint density at radius 3 is 2.25 bits per heavy atom. The topological polar surface area (TPSA) is 148 Å². The molecule has 0 atom stereocenters. The fourth-order valence-electron chi connectivity index (χ4n) is 2.00. The maximum absolute atomic E-state index is 12.1. The third-order valence-electron chi connectivity index (χ3n) is 3.03. The van der Waals surface area contributed by atoms with Crippen LogP contribution in [0.25, 0.3) is 22.3 Å². The molecule has 0 bridgehead atoms. The van der Waals surface area contributed by atoms with E-state index in [9.17, 15) is 30.3 Å². The van der Waals surface area contributed by atoms with Crippen LogP contribution < -0.4 is 5.43 Å². The van der Waals surface area contributed by atoms with E-state index in [0.29, 0.717) is 0 Å². The van der Waals surface area contributed by atoms with Gasteiger partial charge in [0.1, 0.15) is 5.43 Å². The van der Waals surface area contributed by atoms with Crippen LogP contribution in [0.1, 0.15) is 0 Å². The van der Waals surface area contributed by atoms with Crippen LogP contribution in [-0.2, 0) is 21.0 Å². The van der Waals surface area contributed by atoms with E-state index < -0.39 is 28.4 Å². The van der Waals surface area contributed by atoms with Gasteiger partial charge in [-0.3, -0.25) is 12.1 Å². The molecule has 1 aromatic heterocycles. The Morgan fingerprint density at radius 1 is 0.958 bits per heavy atom. The fraction of sp³-hybridized carbons (Fsp3) is 0. The SMILES string of the molecule is O=c1c(O)c(-c2ccc(O)c(O)c2)oc2[c-]c(O)[c-]c(O)c12.[O]=[V+2]. The van der Waals surface area contributed by atoms with Gasteiger partial charge in [-0.25, -0.2) is 0 Å². The van der Waals surface area contributed by atoms with Crippen LogP contribution in [0.2, 0.25) is 0 Å². The molecule has 121 valence electrons. The van der Waals surface area contributed by atoms with E-state index >= 15 is 0 Å². The summed E-state index contributed by atoms with van der Waals surface area (Å²) in [5, 5.41) is 47.3. The normalized spacial score (nSPS) is 10.2. The minimum atomic E-state index is -0.950. The Morgan fingerprint density at radius 2 is 1.62 bits per heavy atom. The molecule has 24 heavy (non-hydrogen) atoms. The van der Waals surface area contributed by atoms with Crippen molar-refractivity contribution in [3.63, 3.8) is 0 Å². The van der Waals surface area contributed by atoms with E-state index in [2.05, 4.69) is 12.1 Å². The first-order valence-electron chi connectivity index (χ1n) is 6.15. The van der Waals surface area contributed by atoms with Gasteiger partial charge in [0.25, 0.3) is 0 Å². The molecule has 8 nitrogen and oxygen atoms in total. The number of hydrogen-bond donors (Lipinski definition) is 5. The van der Waals surface area contributed by atoms with Gasteiger partial charge in [-0.05, 0) is 18.2 Å². The zero-order valence-corrected chi connectivity index (χ0v) is 13.0. The number of rotatable bonds is 1. The van der Waals surface area contributed by atoms with Crippen LogP contribution in [0.4, 0.5) is 0 Å². The molecule has 0 amide bonds. The molecular formula is C15H8O8V. The van der Waals surface area contributed by atoms with Crippen molar-refractivity contribution in [3.8, 4) is 40.1 Å². The monoisotopic (exact) mass is 367 g/mol. The number of phenolic OH excluding ortho intramolecular Hbond substituents is 4. The molecule has 5 N–H and O–H groups in total.